The molecule has 6 nitrogen and oxygen atoms in total. The van der Waals surface area contributed by atoms with Crippen molar-refractivity contribution in [3.8, 4) is 5.69 Å². The third-order valence-electron chi connectivity index (χ3n) is 6.23. The molecule has 1 N–H and O–H groups in total. The van der Waals surface area contributed by atoms with Crippen LogP contribution in [-0.2, 0) is 11.3 Å². The van der Waals surface area contributed by atoms with Crippen molar-refractivity contribution in [2.45, 2.75) is 33.2 Å². The Morgan fingerprint density at radius 1 is 1.18 bits per heavy atom. The zero-order valence-corrected chi connectivity index (χ0v) is 20.3. The van der Waals surface area contributed by atoms with Gasteiger partial charge in [-0.15, -0.1) is 0 Å². The molecule has 8 heteroatoms. The van der Waals surface area contributed by atoms with Crippen molar-refractivity contribution in [1.82, 2.24) is 20.1 Å². The highest BCUT2D eigenvalue weighted by Crippen LogP contribution is 2.34. The largest absolute Gasteiger partial charge is 0.352 e. The molecule has 2 aromatic heterocycles. The number of hydrogen-bond acceptors (Lipinski definition) is 5. The van der Waals surface area contributed by atoms with E-state index in [1.165, 1.54) is 5.56 Å². The van der Waals surface area contributed by atoms with Gasteiger partial charge in [-0.1, -0.05) is 47.2 Å². The van der Waals surface area contributed by atoms with Crippen molar-refractivity contribution in [2.24, 2.45) is 5.92 Å². The van der Waals surface area contributed by atoms with Crippen molar-refractivity contribution in [1.29, 1.82) is 0 Å². The monoisotopic (exact) mass is 479 g/mol. The topological polar surface area (TPSA) is 63.1 Å². The van der Waals surface area contributed by atoms with Gasteiger partial charge in [-0.25, -0.2) is 4.68 Å². The predicted molar refractivity (Wildman–Crippen MR) is 134 cm³/mol. The molecule has 5 rings (SSSR count). The highest BCUT2D eigenvalue weighted by Gasteiger charge is 2.28. The number of fused-ring (bicyclic) bond motifs is 1. The number of aryl methyl sites for hydroxylation is 2. The summed E-state index contributed by atoms with van der Waals surface area (Å²) in [5, 5.41) is 9.46. The summed E-state index contributed by atoms with van der Waals surface area (Å²) in [5.41, 5.74) is 5.09. The summed E-state index contributed by atoms with van der Waals surface area (Å²) >= 11 is 7.70. The second kappa shape index (κ2) is 9.15. The molecule has 1 fully saturated rings. The van der Waals surface area contributed by atoms with Crippen LogP contribution in [0.3, 0.4) is 0 Å². The van der Waals surface area contributed by atoms with Gasteiger partial charge >= 0.3 is 0 Å². The summed E-state index contributed by atoms with van der Waals surface area (Å²) in [6.07, 6.45) is 1.87. The molecule has 33 heavy (non-hydrogen) atoms. The number of amides is 1. The third kappa shape index (κ3) is 4.48. The lowest BCUT2D eigenvalue weighted by atomic mass is 9.97. The van der Waals surface area contributed by atoms with Crippen LogP contribution in [0.4, 0.5) is 5.13 Å². The number of rotatable bonds is 5. The number of nitrogens with zero attached hydrogens (tertiary/aromatic N) is 4. The lowest BCUT2D eigenvalue weighted by molar-refractivity contribution is -0.125. The van der Waals surface area contributed by atoms with Crippen LogP contribution < -0.4 is 10.2 Å². The fourth-order valence-corrected chi connectivity index (χ4v) is 5.47. The summed E-state index contributed by atoms with van der Waals surface area (Å²) in [4.78, 5) is 20.1. The lowest BCUT2D eigenvalue weighted by Gasteiger charge is -2.31. The molecule has 0 spiro atoms. The predicted octanol–water partition coefficient (Wildman–Crippen LogP) is 5.29. The van der Waals surface area contributed by atoms with Gasteiger partial charge in [-0.05, 0) is 62.1 Å². The van der Waals surface area contributed by atoms with Crippen LogP contribution in [0.25, 0.3) is 16.0 Å². The number of aromatic nitrogens is 3. The Morgan fingerprint density at radius 3 is 2.76 bits per heavy atom. The number of nitrogens with one attached hydrogen (secondary N) is 1. The Labute approximate surface area is 202 Å². The van der Waals surface area contributed by atoms with Gasteiger partial charge in [0.15, 0.2) is 10.8 Å². The van der Waals surface area contributed by atoms with Gasteiger partial charge in [0.05, 0.1) is 22.0 Å². The molecule has 1 saturated heterocycles. The van der Waals surface area contributed by atoms with Crippen molar-refractivity contribution in [3.63, 3.8) is 0 Å². The van der Waals surface area contributed by atoms with Crippen molar-refractivity contribution < 1.29 is 4.79 Å². The number of carbonyl (C=O) groups is 1. The average molecular weight is 480 g/mol. The molecule has 1 aliphatic heterocycles. The number of hydrogen-bond donors (Lipinski definition) is 1. The van der Waals surface area contributed by atoms with Gasteiger partial charge in [0.2, 0.25) is 5.91 Å². The minimum atomic E-state index is -0.0383. The zero-order valence-electron chi connectivity index (χ0n) is 18.7. The maximum atomic E-state index is 12.9. The number of carbonyl (C=O) groups excluding carboxylic acids is 1. The number of anilines is 1. The van der Waals surface area contributed by atoms with E-state index in [2.05, 4.69) is 34.4 Å². The van der Waals surface area contributed by atoms with E-state index >= 15 is 0 Å². The molecule has 170 valence electrons. The van der Waals surface area contributed by atoms with Crippen LogP contribution in [0.1, 0.15) is 29.7 Å². The fourth-order valence-electron chi connectivity index (χ4n) is 4.32. The fraction of sp³-hybridized carbons (Fsp3) is 0.320. The zero-order chi connectivity index (χ0) is 22.9. The van der Waals surface area contributed by atoms with Crippen LogP contribution in [0.15, 0.2) is 48.5 Å². The number of halogens is 1. The first kappa shape index (κ1) is 21.9. The average Bonchev–Trinajstić information content (AvgIpc) is 3.40. The van der Waals surface area contributed by atoms with Crippen LogP contribution in [0.5, 0.6) is 0 Å². The normalized spacial score (nSPS) is 16.3. The minimum Gasteiger partial charge on any atom is -0.352 e. The van der Waals surface area contributed by atoms with E-state index in [1.807, 2.05) is 48.0 Å². The van der Waals surface area contributed by atoms with Gasteiger partial charge in [-0.3, -0.25) is 4.79 Å². The number of thiazole rings is 1. The lowest BCUT2D eigenvalue weighted by Crippen LogP contribution is -2.43. The standard InChI is InChI=1S/C25H26ClN5OS/c1-16-6-3-4-7-18(16)14-27-24(32)19-8-5-13-30(15-19)25-28-23-22(33-25)17(2)29-31(23)21-11-9-20(26)10-12-21/h3-4,6-7,9-12,19H,5,8,13-15H2,1-2H3,(H,27,32)/t19-/m0/s1. The maximum Gasteiger partial charge on any atom is 0.225 e. The van der Waals surface area contributed by atoms with E-state index in [1.54, 1.807) is 11.3 Å². The first-order valence-electron chi connectivity index (χ1n) is 11.2. The van der Waals surface area contributed by atoms with E-state index in [4.69, 9.17) is 16.6 Å². The molecule has 1 atom stereocenters. The molecular formula is C25H26ClN5OS. The molecule has 0 bridgehead atoms. The van der Waals surface area contributed by atoms with Gasteiger partial charge in [0.1, 0.15) is 0 Å². The van der Waals surface area contributed by atoms with E-state index < -0.39 is 0 Å². The van der Waals surface area contributed by atoms with E-state index in [0.717, 1.165) is 51.8 Å². The Kier molecular flexibility index (Phi) is 6.08. The molecule has 1 aliphatic rings. The Balaban J connectivity index is 1.32. The van der Waals surface area contributed by atoms with E-state index in [9.17, 15) is 4.79 Å². The summed E-state index contributed by atoms with van der Waals surface area (Å²) in [6, 6.07) is 15.8. The summed E-state index contributed by atoms with van der Waals surface area (Å²) in [6.45, 7) is 6.24. The molecular weight excluding hydrogens is 454 g/mol. The smallest absolute Gasteiger partial charge is 0.225 e. The van der Waals surface area contributed by atoms with Crippen molar-refractivity contribution in [3.05, 3.63) is 70.4 Å². The third-order valence-corrected chi connectivity index (χ3v) is 7.69. The first-order valence-corrected chi connectivity index (χ1v) is 12.4. The van der Waals surface area contributed by atoms with Gasteiger partial charge in [-0.2, -0.15) is 10.1 Å². The molecule has 3 heterocycles. The Bertz CT molecular complexity index is 1300. The highest BCUT2D eigenvalue weighted by atomic mass is 35.5. The van der Waals surface area contributed by atoms with Crippen molar-refractivity contribution >= 4 is 44.3 Å². The summed E-state index contributed by atoms with van der Waals surface area (Å²) < 4.78 is 2.95. The van der Waals surface area contributed by atoms with E-state index in [-0.39, 0.29) is 11.8 Å². The second-order valence-electron chi connectivity index (χ2n) is 8.55. The van der Waals surface area contributed by atoms with Gasteiger partial charge in [0, 0.05) is 24.7 Å². The van der Waals surface area contributed by atoms with Crippen molar-refractivity contribution in [2.75, 3.05) is 18.0 Å². The molecule has 4 aromatic rings. The maximum absolute atomic E-state index is 12.9. The quantitative estimate of drug-likeness (QED) is 0.422. The van der Waals surface area contributed by atoms with Crippen LogP contribution in [-0.4, -0.2) is 33.8 Å². The van der Waals surface area contributed by atoms with E-state index in [0.29, 0.717) is 18.1 Å². The number of benzene rings is 2. The molecule has 2 aromatic carbocycles. The Morgan fingerprint density at radius 2 is 1.97 bits per heavy atom. The number of piperidine rings is 1. The first-order chi connectivity index (χ1) is 16.0. The molecule has 0 aliphatic carbocycles. The highest BCUT2D eigenvalue weighted by molar-refractivity contribution is 7.22. The minimum absolute atomic E-state index is 0.0383. The SMILES string of the molecule is Cc1ccccc1CNC(=O)[C@H]1CCCN(c2nc3c(s2)c(C)nn3-c2ccc(Cl)cc2)C1. The molecule has 0 radical (unpaired) electrons. The summed E-state index contributed by atoms with van der Waals surface area (Å²) in [7, 11) is 0. The Hall–Kier alpha value is -2.90. The van der Waals surface area contributed by atoms with Crippen LogP contribution >= 0.6 is 22.9 Å². The van der Waals surface area contributed by atoms with Crippen LogP contribution in [0.2, 0.25) is 5.02 Å². The van der Waals surface area contributed by atoms with Gasteiger partial charge < -0.3 is 10.2 Å². The van der Waals surface area contributed by atoms with Gasteiger partial charge in [0.25, 0.3) is 0 Å². The van der Waals surface area contributed by atoms with Crippen LogP contribution in [0, 0.1) is 19.8 Å². The molecule has 1 amide bonds. The second-order valence-corrected chi connectivity index (χ2v) is 9.97. The molecule has 0 unspecified atom stereocenters. The molecule has 0 saturated carbocycles. The summed E-state index contributed by atoms with van der Waals surface area (Å²) in [5.74, 6) is 0.0798.